The van der Waals surface area contributed by atoms with E-state index in [1.807, 2.05) is 0 Å². The molecule has 0 bridgehead atoms. The highest BCUT2D eigenvalue weighted by molar-refractivity contribution is 5.95. The number of nitrogens with one attached hydrogen (secondary N) is 4. The molecule has 1 aromatic rings. The van der Waals surface area contributed by atoms with E-state index < -0.39 is 189 Å². The highest BCUT2D eigenvalue weighted by atomic mass is 16.7. The maximum Gasteiger partial charge on any atom is 0.303 e. The minimum atomic E-state index is -1.40. The topological polar surface area (TPSA) is 484 Å². The Bertz CT molecular complexity index is 2920. The van der Waals surface area contributed by atoms with Gasteiger partial charge in [-0.1, -0.05) is 12.8 Å². The second-order valence-electron chi connectivity index (χ2n) is 23.8. The summed E-state index contributed by atoms with van der Waals surface area (Å²) in [6.45, 7) is 10.0. The van der Waals surface area contributed by atoms with Crippen LogP contribution in [0.1, 0.15) is 119 Å². The van der Waals surface area contributed by atoms with Gasteiger partial charge in [0.2, 0.25) is 23.5 Å². The molecule has 5 N–H and O–H groups in total. The Morgan fingerprint density at radius 2 is 0.651 bits per heavy atom. The van der Waals surface area contributed by atoms with Gasteiger partial charge in [0.15, 0.2) is 67.0 Å². The van der Waals surface area contributed by atoms with Gasteiger partial charge in [-0.05, 0) is 25.0 Å². The van der Waals surface area contributed by atoms with Crippen LogP contribution in [0.4, 0.5) is 0 Å². The molecule has 3 fully saturated rings. The smallest absolute Gasteiger partial charge is 0.303 e. The van der Waals surface area contributed by atoms with Crippen molar-refractivity contribution >= 4 is 77.4 Å². The highest BCUT2D eigenvalue weighted by Gasteiger charge is 2.54. The number of aliphatic hydroxyl groups is 1. The van der Waals surface area contributed by atoms with Crippen LogP contribution >= 0.6 is 0 Å². The van der Waals surface area contributed by atoms with Crippen molar-refractivity contribution in [1.29, 1.82) is 0 Å². The van der Waals surface area contributed by atoms with Crippen molar-refractivity contribution < 1.29 is 167 Å². The minimum Gasteiger partial charge on any atom is -0.487 e. The molecular formula is C67H100N4O35. The van der Waals surface area contributed by atoms with Crippen molar-refractivity contribution in [1.82, 2.24) is 21.3 Å². The van der Waals surface area contributed by atoms with Crippen LogP contribution in [0.25, 0.3) is 0 Å². The van der Waals surface area contributed by atoms with E-state index in [4.69, 9.17) is 99.5 Å². The van der Waals surface area contributed by atoms with Crippen LogP contribution < -0.4 is 35.5 Å². The number of aliphatic hydroxyl groups excluding tert-OH is 1. The highest BCUT2D eigenvalue weighted by Crippen LogP contribution is 2.40. The van der Waals surface area contributed by atoms with E-state index in [-0.39, 0.29) is 115 Å². The number of esters is 9. The van der Waals surface area contributed by atoms with Gasteiger partial charge in [-0.15, -0.1) is 0 Å². The Labute approximate surface area is 611 Å². The standard InChI is InChI=1S/C67H100N4O35/c1-36(73)69-54-61(101-45(10)82)58(98-42(7)79)51(33-95-39(4)76)104-65(54)92-28-22-86-19-25-89-49-31-48(64(85)68-17-15-13-14-16-18-72)32-50(90-26-20-87-23-29-93-66-55(70-37(2)74)62(102-46(11)83)59(99-43(8)80)52(105-66)34-96-40(5)77)57(49)91-27-21-88-24-30-94-67-56(71-38(3)75)63(103-47(12)84)60(100-44(9)81)53(106-67)35-97-41(6)78/h31-32,51-56,58-63,65-67,72H,13-30,33-35H2,1-12H3,(H,68,85)(H,69,73)(H,70,74)(H,71,75)/t51-,52-,53-,54-,55-,56-,58+,59+,60+,61-,62-,63-,65-,66-,67-/m1/s1. The zero-order valence-corrected chi connectivity index (χ0v) is 61.5. The summed E-state index contributed by atoms with van der Waals surface area (Å²) in [5.74, 6) is -9.42. The fraction of sp³-hybridized carbons (Fsp3) is 0.716. The molecular weight excluding hydrogens is 1420 g/mol. The molecule has 4 rings (SSSR count). The molecule has 598 valence electrons. The fourth-order valence-electron chi connectivity index (χ4n) is 10.9. The second-order valence-corrected chi connectivity index (χ2v) is 23.8. The summed E-state index contributed by atoms with van der Waals surface area (Å²) >= 11 is 0. The molecule has 0 saturated carbocycles. The van der Waals surface area contributed by atoms with E-state index in [0.29, 0.717) is 19.3 Å². The van der Waals surface area contributed by atoms with E-state index in [2.05, 4.69) is 21.3 Å². The van der Waals surface area contributed by atoms with Gasteiger partial charge in [0.1, 0.15) is 76.1 Å². The Morgan fingerprint density at radius 1 is 0.358 bits per heavy atom. The number of carbonyl (C=O) groups excluding carboxylic acids is 13. The average molecular weight is 1520 g/mol. The van der Waals surface area contributed by atoms with Gasteiger partial charge in [0.25, 0.3) is 5.91 Å². The lowest BCUT2D eigenvalue weighted by Gasteiger charge is -2.44. The second kappa shape index (κ2) is 47.8. The molecule has 4 amide bonds. The number of carbonyl (C=O) groups is 13. The first-order chi connectivity index (χ1) is 50.4. The van der Waals surface area contributed by atoms with Gasteiger partial charge < -0.3 is 126 Å². The summed E-state index contributed by atoms with van der Waals surface area (Å²) in [4.78, 5) is 161. The summed E-state index contributed by atoms with van der Waals surface area (Å²) in [6, 6.07) is -0.992. The van der Waals surface area contributed by atoms with E-state index in [1.165, 1.54) is 32.9 Å². The third-order valence-electron chi connectivity index (χ3n) is 14.8. The number of hydrogen-bond acceptors (Lipinski definition) is 35. The molecule has 15 atom stereocenters. The van der Waals surface area contributed by atoms with Gasteiger partial charge >= 0.3 is 53.7 Å². The first-order valence-corrected chi connectivity index (χ1v) is 34.1. The van der Waals surface area contributed by atoms with Crippen LogP contribution in [0, 0.1) is 0 Å². The molecule has 39 nitrogen and oxygen atoms in total. The molecule has 106 heavy (non-hydrogen) atoms. The molecule has 0 aliphatic carbocycles. The van der Waals surface area contributed by atoms with Crippen LogP contribution in [-0.2, 0) is 143 Å². The molecule has 0 radical (unpaired) electrons. The Hall–Kier alpha value is -8.67. The predicted molar refractivity (Wildman–Crippen MR) is 353 cm³/mol. The van der Waals surface area contributed by atoms with Gasteiger partial charge in [0, 0.05) is 102 Å². The SMILES string of the molecule is CC(=O)N[C@H]1[C@H](OCCOCCOc2cc(C(=O)NCCCCCCO)cc(OCCOCCO[C@@H]3O[C@H](COC(C)=O)[C@H](OC(C)=O)[C@H](OC(C)=O)[C@H]3NC(C)=O)c2OCCOCCO[C@@H]2O[C@H](COC(C)=O)[C@H](OC(C)=O)[C@H](OC(C)=O)[C@H]2NC(C)=O)O[C@H](COC(C)=O)[C@H](OC(C)=O)[C@@H]1OC(C)=O. The van der Waals surface area contributed by atoms with Crippen molar-refractivity contribution in [3.63, 3.8) is 0 Å². The molecule has 3 aliphatic heterocycles. The van der Waals surface area contributed by atoms with Crippen LogP contribution in [0.5, 0.6) is 17.2 Å². The number of ether oxygens (including phenoxy) is 21. The summed E-state index contributed by atoms with van der Waals surface area (Å²) in [7, 11) is 0. The monoisotopic (exact) mass is 1520 g/mol. The quantitative estimate of drug-likeness (QED) is 0.0302. The van der Waals surface area contributed by atoms with Crippen LogP contribution in [0.3, 0.4) is 0 Å². The number of unbranched alkanes of at least 4 members (excludes halogenated alkanes) is 3. The first-order valence-electron chi connectivity index (χ1n) is 34.1. The van der Waals surface area contributed by atoms with E-state index in [0.717, 1.165) is 68.7 Å². The lowest BCUT2D eigenvalue weighted by molar-refractivity contribution is -0.279. The number of benzene rings is 1. The number of hydrogen-bond donors (Lipinski definition) is 5. The molecule has 0 aromatic heterocycles. The number of amides is 4. The molecule has 39 heteroatoms. The van der Waals surface area contributed by atoms with E-state index >= 15 is 0 Å². The van der Waals surface area contributed by atoms with Gasteiger partial charge in [-0.3, -0.25) is 62.3 Å². The molecule has 0 unspecified atom stereocenters. The van der Waals surface area contributed by atoms with Crippen molar-refractivity contribution in [2.24, 2.45) is 0 Å². The van der Waals surface area contributed by atoms with Crippen molar-refractivity contribution in [3.8, 4) is 17.2 Å². The Balaban J connectivity index is 1.61. The van der Waals surface area contributed by atoms with Gasteiger partial charge in [-0.25, -0.2) is 0 Å². The molecule has 3 aliphatic rings. The minimum absolute atomic E-state index is 0.0122. The van der Waals surface area contributed by atoms with E-state index in [1.54, 1.807) is 0 Å². The van der Waals surface area contributed by atoms with E-state index in [9.17, 15) is 67.4 Å². The molecule has 3 heterocycles. The van der Waals surface area contributed by atoms with Crippen molar-refractivity contribution in [2.75, 3.05) is 112 Å². The largest absolute Gasteiger partial charge is 0.487 e. The molecule has 1 aromatic carbocycles. The van der Waals surface area contributed by atoms with Crippen molar-refractivity contribution in [3.05, 3.63) is 17.7 Å². The maximum absolute atomic E-state index is 14.0. The third kappa shape index (κ3) is 33.0. The fourth-order valence-corrected chi connectivity index (χ4v) is 10.9. The summed E-state index contributed by atoms with van der Waals surface area (Å²) in [5.41, 5.74) is 0.0462. The van der Waals surface area contributed by atoms with Crippen molar-refractivity contribution in [2.45, 2.75) is 201 Å². The van der Waals surface area contributed by atoms with Gasteiger partial charge in [-0.2, -0.15) is 0 Å². The molecule has 0 spiro atoms. The number of rotatable bonds is 46. The lowest BCUT2D eigenvalue weighted by Crippen LogP contribution is -2.66. The van der Waals surface area contributed by atoms with Crippen LogP contribution in [0.2, 0.25) is 0 Å². The normalized spacial score (nSPS) is 23.9. The predicted octanol–water partition coefficient (Wildman–Crippen LogP) is -0.827. The lowest BCUT2D eigenvalue weighted by atomic mass is 9.96. The maximum atomic E-state index is 14.0. The Morgan fingerprint density at radius 3 is 0.943 bits per heavy atom. The van der Waals surface area contributed by atoms with Crippen LogP contribution in [0.15, 0.2) is 12.1 Å². The summed E-state index contributed by atoms with van der Waals surface area (Å²) in [5, 5.41) is 20.0. The Kier molecular flexibility index (Phi) is 40.5. The zero-order valence-electron chi connectivity index (χ0n) is 61.5. The average Bonchev–Trinajstić information content (AvgIpc) is 0.803. The molecule has 3 saturated heterocycles. The first kappa shape index (κ1) is 89.7. The summed E-state index contributed by atoms with van der Waals surface area (Å²) in [6.07, 6.45) is -13.6. The van der Waals surface area contributed by atoms with Gasteiger partial charge in [0.05, 0.1) is 59.5 Å². The summed E-state index contributed by atoms with van der Waals surface area (Å²) < 4.78 is 121. The third-order valence-corrected chi connectivity index (χ3v) is 14.8. The zero-order chi connectivity index (χ0) is 78.4. The van der Waals surface area contributed by atoms with Crippen LogP contribution in [-0.4, -0.2) is 287 Å².